The van der Waals surface area contributed by atoms with Gasteiger partial charge in [0, 0.05) is 27.8 Å². The molecule has 0 saturated heterocycles. The number of carbonyl (C=O) groups is 1. The molecule has 0 unspecified atom stereocenters. The topological polar surface area (TPSA) is 57.2 Å². The van der Waals surface area contributed by atoms with E-state index in [2.05, 4.69) is 58.5 Å². The number of rotatable bonds is 5. The Morgan fingerprint density at radius 2 is 1.83 bits per heavy atom. The number of amides is 1. The zero-order valence-electron chi connectivity index (χ0n) is 16.5. The molecule has 0 atom stereocenters. The van der Waals surface area contributed by atoms with Crippen molar-refractivity contribution < 1.29 is 9.53 Å². The van der Waals surface area contributed by atoms with Gasteiger partial charge in [-0.1, -0.05) is 36.4 Å². The predicted octanol–water partition coefficient (Wildman–Crippen LogP) is 5.68. The van der Waals surface area contributed by atoms with Gasteiger partial charge in [0.15, 0.2) is 0 Å². The van der Waals surface area contributed by atoms with Crippen LogP contribution in [0.3, 0.4) is 0 Å². The Morgan fingerprint density at radius 1 is 1.00 bits per heavy atom. The molecule has 0 bridgehead atoms. The number of methoxy groups -OCH3 is 1. The molecule has 5 rings (SSSR count). The van der Waals surface area contributed by atoms with Gasteiger partial charge in [-0.3, -0.25) is 4.79 Å². The number of thiophene rings is 1. The van der Waals surface area contributed by atoms with Crippen LogP contribution in [-0.4, -0.2) is 17.6 Å². The zero-order chi connectivity index (χ0) is 20.7. The molecule has 148 valence electrons. The van der Waals surface area contributed by atoms with Crippen LogP contribution in [0.1, 0.15) is 15.9 Å². The summed E-state index contributed by atoms with van der Waals surface area (Å²) in [5, 5.41) is 4.02. The number of benzene rings is 3. The Bertz CT molecular complexity index is 1370. The Morgan fingerprint density at radius 3 is 2.53 bits per heavy atom. The molecule has 2 aromatic heterocycles. The Kier molecular flexibility index (Phi) is 4.52. The second-order valence-electron chi connectivity index (χ2n) is 7.21. The van der Waals surface area contributed by atoms with Crippen LogP contribution >= 0.6 is 11.3 Å². The minimum atomic E-state index is -0.411. The van der Waals surface area contributed by atoms with Crippen molar-refractivity contribution in [3.63, 3.8) is 0 Å². The number of hydrogen-bond acceptors (Lipinski definition) is 3. The Labute approximate surface area is 178 Å². The number of ether oxygens (including phenoxy) is 1. The summed E-state index contributed by atoms with van der Waals surface area (Å²) in [5.74, 6) is 0.420. The van der Waals surface area contributed by atoms with Gasteiger partial charge in [-0.05, 0) is 52.9 Å². The van der Waals surface area contributed by atoms with Gasteiger partial charge >= 0.3 is 0 Å². The Balaban J connectivity index is 1.77. The fourth-order valence-electron chi connectivity index (χ4n) is 4.03. The third-order valence-electron chi connectivity index (χ3n) is 5.46. The van der Waals surface area contributed by atoms with Crippen LogP contribution in [0.5, 0.6) is 5.75 Å². The molecule has 3 aromatic carbocycles. The summed E-state index contributed by atoms with van der Waals surface area (Å²) in [6.07, 6.45) is 0. The van der Waals surface area contributed by atoms with Gasteiger partial charge in [0.25, 0.3) is 0 Å². The molecule has 0 aliphatic carbocycles. The minimum Gasteiger partial charge on any atom is -0.497 e. The average molecular weight is 413 g/mol. The van der Waals surface area contributed by atoms with Crippen LogP contribution in [0.2, 0.25) is 0 Å². The minimum absolute atomic E-state index is 0.411. The summed E-state index contributed by atoms with van der Waals surface area (Å²) in [6.45, 7) is 0.681. The van der Waals surface area contributed by atoms with E-state index in [0.29, 0.717) is 12.1 Å². The molecule has 0 aliphatic rings. The van der Waals surface area contributed by atoms with Crippen LogP contribution < -0.4 is 10.5 Å². The monoisotopic (exact) mass is 412 g/mol. The quantitative estimate of drug-likeness (QED) is 0.404. The molecule has 0 aliphatic heterocycles. The molecule has 1 amide bonds. The van der Waals surface area contributed by atoms with Gasteiger partial charge in [-0.2, -0.15) is 0 Å². The van der Waals surface area contributed by atoms with E-state index in [9.17, 15) is 4.79 Å². The summed E-state index contributed by atoms with van der Waals surface area (Å²) in [7, 11) is 1.67. The van der Waals surface area contributed by atoms with E-state index in [-0.39, 0.29) is 0 Å². The van der Waals surface area contributed by atoms with Crippen molar-refractivity contribution in [3.8, 4) is 16.2 Å². The Hall–Kier alpha value is -3.57. The maximum atomic E-state index is 12.2. The molecule has 30 heavy (non-hydrogen) atoms. The lowest BCUT2D eigenvalue weighted by molar-refractivity contribution is 0.100. The maximum Gasteiger partial charge on any atom is 0.249 e. The summed E-state index contributed by atoms with van der Waals surface area (Å²) < 4.78 is 7.55. The van der Waals surface area contributed by atoms with Crippen LogP contribution in [0, 0.1) is 0 Å². The van der Waals surface area contributed by atoms with Crippen molar-refractivity contribution in [1.82, 2.24) is 4.57 Å². The average Bonchev–Trinajstić information content (AvgIpc) is 3.41. The molecule has 0 radical (unpaired) electrons. The zero-order valence-corrected chi connectivity index (χ0v) is 17.3. The lowest BCUT2D eigenvalue weighted by Gasteiger charge is -2.10. The van der Waals surface area contributed by atoms with Crippen LogP contribution in [0.15, 0.2) is 78.2 Å². The van der Waals surface area contributed by atoms with Gasteiger partial charge in [-0.25, -0.2) is 0 Å². The molecule has 0 fully saturated rings. The molecular formula is C25H20N2O2S. The normalized spacial score (nSPS) is 11.2. The first kappa shape index (κ1) is 18.5. The number of fused-ring (bicyclic) bond motifs is 3. The first-order valence-corrected chi connectivity index (χ1v) is 10.6. The van der Waals surface area contributed by atoms with Crippen molar-refractivity contribution in [3.05, 3.63) is 89.3 Å². The summed E-state index contributed by atoms with van der Waals surface area (Å²) in [6, 6.07) is 24.4. The third kappa shape index (κ3) is 3.04. The van der Waals surface area contributed by atoms with Gasteiger partial charge in [-0.15, -0.1) is 11.3 Å². The standard InChI is InChI=1S/C25H20N2O2S/c1-29-18-10-7-16(8-11-18)15-27-21-5-2-4-20(25(26)28)24(21)19-12-9-17(14-22(19)27)23-6-3-13-30-23/h2-14H,15H2,1H3,(H2,26,28). The van der Waals surface area contributed by atoms with Crippen molar-refractivity contribution >= 4 is 39.0 Å². The van der Waals surface area contributed by atoms with Crippen molar-refractivity contribution in [2.45, 2.75) is 6.54 Å². The number of carbonyl (C=O) groups excluding carboxylic acids is 1. The number of nitrogens with two attached hydrogens (primary N) is 1. The molecular weight excluding hydrogens is 392 g/mol. The molecule has 0 spiro atoms. The van der Waals surface area contributed by atoms with E-state index in [0.717, 1.165) is 38.7 Å². The van der Waals surface area contributed by atoms with E-state index < -0.39 is 5.91 Å². The third-order valence-corrected chi connectivity index (χ3v) is 6.38. The van der Waals surface area contributed by atoms with Crippen molar-refractivity contribution in [1.29, 1.82) is 0 Å². The van der Waals surface area contributed by atoms with E-state index in [4.69, 9.17) is 10.5 Å². The SMILES string of the molecule is COc1ccc(Cn2c3cc(-c4cccs4)ccc3c3c(C(N)=O)cccc32)cc1. The highest BCUT2D eigenvalue weighted by molar-refractivity contribution is 7.13. The highest BCUT2D eigenvalue weighted by atomic mass is 32.1. The molecule has 0 saturated carbocycles. The first-order valence-electron chi connectivity index (χ1n) is 9.67. The fourth-order valence-corrected chi connectivity index (χ4v) is 4.75. The molecule has 5 heteroatoms. The van der Waals surface area contributed by atoms with Crippen molar-refractivity contribution in [2.75, 3.05) is 7.11 Å². The van der Waals surface area contributed by atoms with Crippen molar-refractivity contribution in [2.24, 2.45) is 5.73 Å². The number of nitrogens with zero attached hydrogens (tertiary/aromatic N) is 1. The summed E-state index contributed by atoms with van der Waals surface area (Å²) >= 11 is 1.72. The second kappa shape index (κ2) is 7.35. The maximum absolute atomic E-state index is 12.2. The molecule has 2 heterocycles. The van der Waals surface area contributed by atoms with Gasteiger partial charge in [0.1, 0.15) is 5.75 Å². The fraction of sp³-hybridized carbons (Fsp3) is 0.0800. The van der Waals surface area contributed by atoms with Crippen LogP contribution in [-0.2, 0) is 6.54 Å². The van der Waals surface area contributed by atoms with Crippen LogP contribution in [0.4, 0.5) is 0 Å². The largest absolute Gasteiger partial charge is 0.497 e. The highest BCUT2D eigenvalue weighted by Gasteiger charge is 2.17. The van der Waals surface area contributed by atoms with E-state index >= 15 is 0 Å². The highest BCUT2D eigenvalue weighted by Crippen LogP contribution is 2.36. The van der Waals surface area contributed by atoms with E-state index in [1.807, 2.05) is 18.2 Å². The first-order chi connectivity index (χ1) is 14.7. The molecule has 5 aromatic rings. The van der Waals surface area contributed by atoms with Gasteiger partial charge in [0.2, 0.25) is 5.91 Å². The number of aromatic nitrogens is 1. The predicted molar refractivity (Wildman–Crippen MR) is 123 cm³/mol. The van der Waals surface area contributed by atoms with Gasteiger partial charge in [0.05, 0.1) is 18.1 Å². The molecule has 2 N–H and O–H groups in total. The van der Waals surface area contributed by atoms with E-state index in [1.54, 1.807) is 24.5 Å². The lowest BCUT2D eigenvalue weighted by Crippen LogP contribution is -2.11. The second-order valence-corrected chi connectivity index (χ2v) is 8.16. The summed E-state index contributed by atoms with van der Waals surface area (Å²) in [5.41, 5.74) is 10.7. The smallest absolute Gasteiger partial charge is 0.249 e. The van der Waals surface area contributed by atoms with Crippen LogP contribution in [0.25, 0.3) is 32.2 Å². The number of hydrogen-bond donors (Lipinski definition) is 1. The lowest BCUT2D eigenvalue weighted by atomic mass is 10.0. The summed E-state index contributed by atoms with van der Waals surface area (Å²) in [4.78, 5) is 13.4. The molecule has 4 nitrogen and oxygen atoms in total. The van der Waals surface area contributed by atoms with Gasteiger partial charge < -0.3 is 15.0 Å². The van der Waals surface area contributed by atoms with E-state index in [1.165, 1.54) is 4.88 Å². The number of primary amides is 1.